The summed E-state index contributed by atoms with van der Waals surface area (Å²) in [5.41, 5.74) is 1.48. The van der Waals surface area contributed by atoms with Crippen LogP contribution in [-0.4, -0.2) is 24.5 Å². The van der Waals surface area contributed by atoms with Crippen molar-refractivity contribution in [3.05, 3.63) is 35.4 Å². The van der Waals surface area contributed by atoms with E-state index in [0.29, 0.717) is 12.0 Å². The second-order valence-corrected chi connectivity index (χ2v) is 2.69. The first-order chi connectivity index (χ1) is 6.77. The zero-order valence-corrected chi connectivity index (χ0v) is 7.80. The quantitative estimate of drug-likeness (QED) is 0.342. The van der Waals surface area contributed by atoms with Crippen LogP contribution in [0.2, 0.25) is 0 Å². The van der Waals surface area contributed by atoms with E-state index < -0.39 is 0 Å². The maximum atomic E-state index is 11.1. The third-order valence-electron chi connectivity index (χ3n) is 1.78. The van der Waals surface area contributed by atoms with Gasteiger partial charge in [-0.15, -0.1) is 5.16 Å². The molecule has 0 unspecified atom stereocenters. The molecule has 0 atom stereocenters. The van der Waals surface area contributed by atoms with Gasteiger partial charge in [0.05, 0.1) is 12.7 Å². The molecular weight excluding hydrogens is 182 g/mol. The fourth-order valence-electron chi connectivity index (χ4n) is 1.04. The molecule has 0 heterocycles. The Kier molecular flexibility index (Phi) is 3.67. The Bertz CT molecular complexity index is 330. The molecule has 0 aromatic heterocycles. The number of esters is 1. The number of hydrogen-bond acceptors (Lipinski definition) is 4. The number of ether oxygens (including phenoxy) is 1. The first-order valence-corrected chi connectivity index (χ1v) is 4.11. The van der Waals surface area contributed by atoms with E-state index >= 15 is 0 Å². The van der Waals surface area contributed by atoms with Crippen molar-refractivity contribution in [3.63, 3.8) is 0 Å². The minimum Gasteiger partial charge on any atom is -0.465 e. The van der Waals surface area contributed by atoms with E-state index in [1.807, 2.05) is 0 Å². The molecule has 1 aromatic carbocycles. The summed E-state index contributed by atoms with van der Waals surface area (Å²) in [5, 5.41) is 11.1. The van der Waals surface area contributed by atoms with Gasteiger partial charge in [-0.1, -0.05) is 12.1 Å². The molecule has 0 spiro atoms. The molecule has 0 aliphatic rings. The molecule has 0 saturated heterocycles. The van der Waals surface area contributed by atoms with Crippen LogP contribution >= 0.6 is 0 Å². The second-order valence-electron chi connectivity index (χ2n) is 2.69. The topological polar surface area (TPSA) is 58.9 Å². The molecule has 0 fully saturated rings. The van der Waals surface area contributed by atoms with Crippen LogP contribution in [0, 0.1) is 0 Å². The van der Waals surface area contributed by atoms with Gasteiger partial charge in [0.1, 0.15) is 0 Å². The van der Waals surface area contributed by atoms with Crippen molar-refractivity contribution in [3.8, 4) is 0 Å². The average molecular weight is 193 g/mol. The van der Waals surface area contributed by atoms with Crippen LogP contribution < -0.4 is 0 Å². The van der Waals surface area contributed by atoms with Gasteiger partial charge in [-0.25, -0.2) is 4.79 Å². The van der Waals surface area contributed by atoms with Crippen molar-refractivity contribution in [2.24, 2.45) is 5.16 Å². The molecule has 1 N–H and O–H groups in total. The molecule has 0 aliphatic heterocycles. The SMILES string of the molecule is COC(=O)c1ccc(CC=NO)cc1. The summed E-state index contributed by atoms with van der Waals surface area (Å²) in [5.74, 6) is -0.354. The molecule has 1 aromatic rings. The van der Waals surface area contributed by atoms with E-state index in [9.17, 15) is 4.79 Å². The highest BCUT2D eigenvalue weighted by atomic mass is 16.5. The van der Waals surface area contributed by atoms with Crippen LogP contribution in [0.4, 0.5) is 0 Å². The fourth-order valence-corrected chi connectivity index (χ4v) is 1.04. The molecule has 74 valence electrons. The number of nitrogens with zero attached hydrogens (tertiary/aromatic N) is 1. The lowest BCUT2D eigenvalue weighted by Gasteiger charge is -1.99. The van der Waals surface area contributed by atoms with E-state index in [2.05, 4.69) is 9.89 Å². The summed E-state index contributed by atoms with van der Waals surface area (Å²) in [6.07, 6.45) is 1.92. The normalized spacial score (nSPS) is 10.4. The zero-order chi connectivity index (χ0) is 10.4. The third kappa shape index (κ3) is 2.58. The molecule has 0 aliphatic carbocycles. The maximum Gasteiger partial charge on any atom is 0.337 e. The predicted octanol–water partition coefficient (Wildman–Crippen LogP) is 1.48. The number of benzene rings is 1. The van der Waals surface area contributed by atoms with E-state index in [0.717, 1.165) is 5.56 Å². The summed E-state index contributed by atoms with van der Waals surface area (Å²) >= 11 is 0. The van der Waals surface area contributed by atoms with Gasteiger partial charge < -0.3 is 9.94 Å². The Morgan fingerprint density at radius 3 is 2.64 bits per heavy atom. The molecule has 4 heteroatoms. The second kappa shape index (κ2) is 5.01. The molecule has 14 heavy (non-hydrogen) atoms. The van der Waals surface area contributed by atoms with Gasteiger partial charge in [0, 0.05) is 12.6 Å². The Morgan fingerprint density at radius 2 is 2.14 bits per heavy atom. The number of methoxy groups -OCH3 is 1. The van der Waals surface area contributed by atoms with E-state index in [1.165, 1.54) is 13.3 Å². The van der Waals surface area contributed by atoms with Gasteiger partial charge in [-0.3, -0.25) is 0 Å². The maximum absolute atomic E-state index is 11.1. The molecule has 1 rings (SSSR count). The molecule has 0 amide bonds. The Morgan fingerprint density at radius 1 is 1.50 bits per heavy atom. The average Bonchev–Trinajstić information content (AvgIpc) is 2.26. The Hall–Kier alpha value is -1.84. The summed E-state index contributed by atoms with van der Waals surface area (Å²) in [4.78, 5) is 11.1. The van der Waals surface area contributed by atoms with Crippen LogP contribution in [0.1, 0.15) is 15.9 Å². The van der Waals surface area contributed by atoms with Crippen LogP contribution in [0.5, 0.6) is 0 Å². The lowest BCUT2D eigenvalue weighted by atomic mass is 10.1. The predicted molar refractivity (Wildman–Crippen MR) is 51.8 cm³/mol. The van der Waals surface area contributed by atoms with Crippen molar-refractivity contribution in [2.45, 2.75) is 6.42 Å². The van der Waals surface area contributed by atoms with Gasteiger partial charge in [-0.2, -0.15) is 0 Å². The molecular formula is C10H11NO3. The van der Waals surface area contributed by atoms with Gasteiger partial charge in [0.15, 0.2) is 0 Å². The van der Waals surface area contributed by atoms with Gasteiger partial charge >= 0.3 is 5.97 Å². The summed E-state index contributed by atoms with van der Waals surface area (Å²) in [7, 11) is 1.34. The van der Waals surface area contributed by atoms with Crippen LogP contribution in [0.15, 0.2) is 29.4 Å². The summed E-state index contributed by atoms with van der Waals surface area (Å²) in [6, 6.07) is 6.92. The number of carbonyl (C=O) groups excluding carboxylic acids is 1. The van der Waals surface area contributed by atoms with E-state index in [4.69, 9.17) is 5.21 Å². The van der Waals surface area contributed by atoms with Crippen molar-refractivity contribution >= 4 is 12.2 Å². The molecule has 0 bridgehead atoms. The largest absolute Gasteiger partial charge is 0.465 e. The Balaban J connectivity index is 2.73. The van der Waals surface area contributed by atoms with Crippen LogP contribution in [0.3, 0.4) is 0 Å². The van der Waals surface area contributed by atoms with Gasteiger partial charge in [0.2, 0.25) is 0 Å². The minimum absolute atomic E-state index is 0.354. The monoisotopic (exact) mass is 193 g/mol. The number of rotatable bonds is 3. The van der Waals surface area contributed by atoms with E-state index in [1.54, 1.807) is 24.3 Å². The fraction of sp³-hybridized carbons (Fsp3) is 0.200. The van der Waals surface area contributed by atoms with Crippen LogP contribution in [-0.2, 0) is 11.2 Å². The number of carbonyl (C=O) groups is 1. The lowest BCUT2D eigenvalue weighted by Crippen LogP contribution is -2.00. The first-order valence-electron chi connectivity index (χ1n) is 4.11. The highest BCUT2D eigenvalue weighted by Gasteiger charge is 2.03. The van der Waals surface area contributed by atoms with Gasteiger partial charge in [0.25, 0.3) is 0 Å². The molecule has 4 nitrogen and oxygen atoms in total. The molecule has 0 radical (unpaired) electrons. The lowest BCUT2D eigenvalue weighted by molar-refractivity contribution is 0.0600. The van der Waals surface area contributed by atoms with Crippen molar-refractivity contribution in [2.75, 3.05) is 7.11 Å². The smallest absolute Gasteiger partial charge is 0.337 e. The zero-order valence-electron chi connectivity index (χ0n) is 7.80. The third-order valence-corrected chi connectivity index (χ3v) is 1.78. The first kappa shape index (κ1) is 10.2. The highest BCUT2D eigenvalue weighted by molar-refractivity contribution is 5.89. The van der Waals surface area contributed by atoms with Gasteiger partial charge in [-0.05, 0) is 17.7 Å². The Labute approximate surface area is 81.8 Å². The molecule has 0 saturated carbocycles. The van der Waals surface area contributed by atoms with Crippen LogP contribution in [0.25, 0.3) is 0 Å². The minimum atomic E-state index is -0.354. The van der Waals surface area contributed by atoms with Crippen molar-refractivity contribution in [1.82, 2.24) is 0 Å². The number of oxime groups is 1. The van der Waals surface area contributed by atoms with Crippen molar-refractivity contribution < 1.29 is 14.7 Å². The number of hydrogen-bond donors (Lipinski definition) is 1. The van der Waals surface area contributed by atoms with E-state index in [-0.39, 0.29) is 5.97 Å². The highest BCUT2D eigenvalue weighted by Crippen LogP contribution is 2.05. The van der Waals surface area contributed by atoms with Crippen molar-refractivity contribution in [1.29, 1.82) is 0 Å². The summed E-state index contributed by atoms with van der Waals surface area (Å²) in [6.45, 7) is 0. The standard InChI is InChI=1S/C10H11NO3/c1-14-10(12)9-4-2-8(3-5-9)6-7-11-13/h2-5,7,13H,6H2,1H3. The summed E-state index contributed by atoms with van der Waals surface area (Å²) < 4.78 is 4.55.